The number of hydrogen-bond acceptors (Lipinski definition) is 5. The zero-order valence-corrected chi connectivity index (χ0v) is 12.7. The summed E-state index contributed by atoms with van der Waals surface area (Å²) in [6.45, 7) is 0. The van der Waals surface area contributed by atoms with Crippen molar-refractivity contribution in [1.29, 1.82) is 5.26 Å². The number of nitrogens with zero attached hydrogens (tertiary/aromatic N) is 2. The number of para-hydroxylation sites is 1. The van der Waals surface area contributed by atoms with Crippen molar-refractivity contribution in [1.82, 2.24) is 9.97 Å². The number of hydrogen-bond donors (Lipinski definition) is 2. The van der Waals surface area contributed by atoms with Gasteiger partial charge >= 0.3 is 0 Å². The van der Waals surface area contributed by atoms with Gasteiger partial charge in [0.2, 0.25) is 0 Å². The highest BCUT2D eigenvalue weighted by atomic mass is 32.2. The summed E-state index contributed by atoms with van der Waals surface area (Å²) in [5.41, 5.74) is 2.60. The van der Waals surface area contributed by atoms with Gasteiger partial charge in [0.05, 0.1) is 21.8 Å². The average Bonchev–Trinajstić information content (AvgIpc) is 3.11. The molecule has 1 aromatic carbocycles. The van der Waals surface area contributed by atoms with Crippen molar-refractivity contribution in [3.63, 3.8) is 0 Å². The van der Waals surface area contributed by atoms with Crippen LogP contribution in [0, 0.1) is 11.3 Å². The zero-order chi connectivity index (χ0) is 14.2. The van der Waals surface area contributed by atoms with Gasteiger partial charge in [0.25, 0.3) is 0 Å². The number of anilines is 1. The number of aromatic amines is 1. The topological polar surface area (TPSA) is 64.5 Å². The first-order valence-electron chi connectivity index (χ1n) is 6.73. The molecule has 104 valence electrons. The summed E-state index contributed by atoms with van der Waals surface area (Å²) in [6.07, 6.45) is 4.31. The third-order valence-corrected chi connectivity index (χ3v) is 5.43. The Labute approximate surface area is 130 Å². The second kappa shape index (κ2) is 5.10. The van der Waals surface area contributed by atoms with E-state index in [2.05, 4.69) is 26.1 Å². The van der Waals surface area contributed by atoms with E-state index in [0.717, 1.165) is 21.6 Å². The molecule has 0 unspecified atom stereocenters. The molecule has 1 fully saturated rings. The molecule has 0 bridgehead atoms. The first-order valence-corrected chi connectivity index (χ1v) is 8.43. The monoisotopic (exact) mass is 312 g/mol. The molecular formula is C15H12N4S2. The lowest BCUT2D eigenvalue weighted by Crippen LogP contribution is -1.88. The second-order valence-corrected chi connectivity index (χ2v) is 6.76. The SMILES string of the molecule is N#Cc1c[nH]c2c(NSc3csc(C4CC4)n3)cccc12. The molecule has 0 spiro atoms. The fourth-order valence-corrected chi connectivity index (χ4v) is 4.05. The first-order chi connectivity index (χ1) is 10.3. The summed E-state index contributed by atoms with van der Waals surface area (Å²) >= 11 is 3.26. The summed E-state index contributed by atoms with van der Waals surface area (Å²) in [7, 11) is 0. The Hall–Kier alpha value is -1.97. The lowest BCUT2D eigenvalue weighted by Gasteiger charge is -2.04. The molecule has 3 aromatic rings. The van der Waals surface area contributed by atoms with Crippen molar-refractivity contribution in [3.05, 3.63) is 40.3 Å². The number of nitriles is 1. The molecule has 0 amide bonds. The van der Waals surface area contributed by atoms with Crippen LogP contribution in [0.1, 0.15) is 29.3 Å². The average molecular weight is 312 g/mol. The minimum absolute atomic E-state index is 0.670. The van der Waals surface area contributed by atoms with Crippen molar-refractivity contribution < 1.29 is 0 Å². The summed E-state index contributed by atoms with van der Waals surface area (Å²) in [4.78, 5) is 7.81. The Morgan fingerprint density at radius 1 is 1.43 bits per heavy atom. The van der Waals surface area contributed by atoms with Gasteiger partial charge in [-0.1, -0.05) is 12.1 Å². The van der Waals surface area contributed by atoms with Gasteiger partial charge in [0.15, 0.2) is 0 Å². The van der Waals surface area contributed by atoms with E-state index in [1.807, 2.05) is 18.2 Å². The normalized spacial score (nSPS) is 14.2. The van der Waals surface area contributed by atoms with Crippen LogP contribution in [-0.4, -0.2) is 9.97 Å². The zero-order valence-electron chi connectivity index (χ0n) is 11.1. The van der Waals surface area contributed by atoms with Crippen LogP contribution in [0.4, 0.5) is 5.69 Å². The van der Waals surface area contributed by atoms with E-state index < -0.39 is 0 Å². The molecule has 0 atom stereocenters. The van der Waals surface area contributed by atoms with Crippen molar-refractivity contribution in [2.75, 3.05) is 4.72 Å². The molecule has 0 saturated heterocycles. The van der Waals surface area contributed by atoms with E-state index in [-0.39, 0.29) is 0 Å². The van der Waals surface area contributed by atoms with Crippen LogP contribution in [0.2, 0.25) is 0 Å². The summed E-state index contributed by atoms with van der Waals surface area (Å²) in [5.74, 6) is 0.703. The summed E-state index contributed by atoms with van der Waals surface area (Å²) in [6, 6.07) is 8.11. The molecule has 4 rings (SSSR count). The van der Waals surface area contributed by atoms with Crippen LogP contribution in [0.3, 0.4) is 0 Å². The van der Waals surface area contributed by atoms with Crippen molar-refractivity contribution in [2.24, 2.45) is 0 Å². The van der Waals surface area contributed by atoms with Crippen LogP contribution < -0.4 is 4.72 Å². The molecule has 2 heterocycles. The predicted molar refractivity (Wildman–Crippen MR) is 86.6 cm³/mol. The lowest BCUT2D eigenvalue weighted by molar-refractivity contribution is 1.03. The standard InChI is InChI=1S/C15H12N4S2/c16-6-10-7-17-14-11(10)2-1-3-12(14)19-21-13-8-20-15(18-13)9-4-5-9/h1-3,7-9,17,19H,4-5H2. The lowest BCUT2D eigenvalue weighted by atomic mass is 10.2. The second-order valence-electron chi connectivity index (χ2n) is 5.04. The molecule has 0 radical (unpaired) electrons. The third-order valence-electron chi connectivity index (χ3n) is 3.53. The Morgan fingerprint density at radius 2 is 2.33 bits per heavy atom. The molecule has 1 saturated carbocycles. The number of thiazole rings is 1. The van der Waals surface area contributed by atoms with E-state index in [9.17, 15) is 0 Å². The highest BCUT2D eigenvalue weighted by molar-refractivity contribution is 8.00. The van der Waals surface area contributed by atoms with Crippen molar-refractivity contribution in [3.8, 4) is 6.07 Å². The minimum Gasteiger partial charge on any atom is -0.358 e. The van der Waals surface area contributed by atoms with Crippen LogP contribution in [0.25, 0.3) is 10.9 Å². The quantitative estimate of drug-likeness (QED) is 0.697. The maximum absolute atomic E-state index is 9.08. The molecule has 2 N–H and O–H groups in total. The third kappa shape index (κ3) is 2.39. The van der Waals surface area contributed by atoms with E-state index in [4.69, 9.17) is 5.26 Å². The Morgan fingerprint density at radius 3 is 3.14 bits per heavy atom. The molecule has 1 aliphatic rings. The molecule has 6 heteroatoms. The van der Waals surface area contributed by atoms with Gasteiger partial charge in [0.1, 0.15) is 11.1 Å². The maximum Gasteiger partial charge on any atom is 0.128 e. The molecule has 1 aliphatic carbocycles. The Balaban J connectivity index is 1.56. The molecular weight excluding hydrogens is 300 g/mol. The molecule has 21 heavy (non-hydrogen) atoms. The molecule has 4 nitrogen and oxygen atoms in total. The van der Waals surface area contributed by atoms with E-state index in [0.29, 0.717) is 11.5 Å². The number of fused-ring (bicyclic) bond motifs is 1. The first kappa shape index (κ1) is 12.7. The number of H-pyrrole nitrogens is 1. The Kier molecular flexibility index (Phi) is 3.09. The van der Waals surface area contributed by atoms with Crippen molar-refractivity contribution >= 4 is 39.9 Å². The summed E-state index contributed by atoms with van der Waals surface area (Å²) < 4.78 is 3.33. The smallest absolute Gasteiger partial charge is 0.128 e. The van der Waals surface area contributed by atoms with E-state index in [1.54, 1.807) is 17.5 Å². The minimum atomic E-state index is 0.670. The largest absolute Gasteiger partial charge is 0.358 e. The fraction of sp³-hybridized carbons (Fsp3) is 0.200. The van der Waals surface area contributed by atoms with Gasteiger partial charge in [-0.05, 0) is 18.9 Å². The van der Waals surface area contributed by atoms with E-state index >= 15 is 0 Å². The predicted octanol–water partition coefficient (Wildman–Crippen LogP) is 4.49. The van der Waals surface area contributed by atoms with Gasteiger partial charge in [-0.3, -0.25) is 0 Å². The number of benzene rings is 1. The van der Waals surface area contributed by atoms with Gasteiger partial charge in [-0.25, -0.2) is 4.98 Å². The van der Waals surface area contributed by atoms with Gasteiger partial charge in [-0.2, -0.15) is 5.26 Å². The highest BCUT2D eigenvalue weighted by Gasteiger charge is 2.26. The van der Waals surface area contributed by atoms with Crippen LogP contribution in [0.5, 0.6) is 0 Å². The van der Waals surface area contributed by atoms with Crippen molar-refractivity contribution in [2.45, 2.75) is 23.8 Å². The highest BCUT2D eigenvalue weighted by Crippen LogP contribution is 2.42. The maximum atomic E-state index is 9.08. The molecule has 0 aliphatic heterocycles. The Bertz CT molecular complexity index is 839. The molecule has 2 aromatic heterocycles. The number of rotatable bonds is 4. The van der Waals surface area contributed by atoms with Gasteiger partial charge in [0, 0.05) is 34.8 Å². The van der Waals surface area contributed by atoms with Crippen LogP contribution >= 0.6 is 23.3 Å². The fourth-order valence-electron chi connectivity index (χ4n) is 2.28. The number of aromatic nitrogens is 2. The van der Waals surface area contributed by atoms with Gasteiger partial charge < -0.3 is 9.71 Å². The number of nitrogens with one attached hydrogen (secondary N) is 2. The summed E-state index contributed by atoms with van der Waals surface area (Å²) in [5, 5.41) is 14.4. The van der Waals surface area contributed by atoms with Gasteiger partial charge in [-0.15, -0.1) is 11.3 Å². The van der Waals surface area contributed by atoms with E-state index in [1.165, 1.54) is 29.8 Å². The van der Waals surface area contributed by atoms with Crippen LogP contribution in [0.15, 0.2) is 34.8 Å². The van der Waals surface area contributed by atoms with Crippen LogP contribution in [-0.2, 0) is 0 Å².